The number of ether oxygens (including phenoxy) is 1. The first kappa shape index (κ1) is 21.2. The van der Waals surface area contributed by atoms with Crippen molar-refractivity contribution in [2.24, 2.45) is 5.92 Å². The van der Waals surface area contributed by atoms with E-state index in [-0.39, 0.29) is 31.2 Å². The molecule has 0 aliphatic rings. The highest BCUT2D eigenvalue weighted by atomic mass is 32.2. The molecule has 148 valence electrons. The third-order valence-corrected chi connectivity index (χ3v) is 6.13. The van der Waals surface area contributed by atoms with Gasteiger partial charge in [-0.1, -0.05) is 32.0 Å². The van der Waals surface area contributed by atoms with E-state index in [1.54, 1.807) is 30.3 Å². The van der Waals surface area contributed by atoms with E-state index in [2.05, 4.69) is 18.9 Å². The van der Waals surface area contributed by atoms with E-state index in [0.717, 1.165) is 23.5 Å². The molecule has 27 heavy (non-hydrogen) atoms. The van der Waals surface area contributed by atoms with Gasteiger partial charge in [0.2, 0.25) is 0 Å². The maximum absolute atomic E-state index is 12.2. The molecule has 0 fully saturated rings. The second-order valence-corrected chi connectivity index (χ2v) is 9.22. The zero-order valence-electron chi connectivity index (χ0n) is 16.4. The first-order chi connectivity index (χ1) is 12.7. The second kappa shape index (κ2) is 9.17. The van der Waals surface area contributed by atoms with E-state index in [1.807, 2.05) is 18.5 Å². The van der Waals surface area contributed by atoms with Crippen molar-refractivity contribution in [2.45, 2.75) is 52.0 Å². The van der Waals surface area contributed by atoms with Gasteiger partial charge < -0.3 is 4.74 Å². The fourth-order valence-electron chi connectivity index (χ4n) is 2.89. The minimum Gasteiger partial charge on any atom is -0.465 e. The van der Waals surface area contributed by atoms with Crippen molar-refractivity contribution in [1.29, 1.82) is 0 Å². The normalized spacial score (nSPS) is 11.7. The van der Waals surface area contributed by atoms with Gasteiger partial charge in [-0.15, -0.1) is 0 Å². The first-order valence-corrected chi connectivity index (χ1v) is 10.8. The van der Waals surface area contributed by atoms with Crippen molar-refractivity contribution in [2.75, 3.05) is 12.4 Å². The Balaban J connectivity index is 1.84. The van der Waals surface area contributed by atoms with Gasteiger partial charge in [0, 0.05) is 17.8 Å². The van der Waals surface area contributed by atoms with Gasteiger partial charge in [-0.2, -0.15) is 5.10 Å². The van der Waals surface area contributed by atoms with Gasteiger partial charge in [-0.3, -0.25) is 9.48 Å². The lowest BCUT2D eigenvalue weighted by Crippen LogP contribution is -2.14. The molecule has 0 aliphatic carbocycles. The van der Waals surface area contributed by atoms with Crippen LogP contribution in [-0.2, 0) is 32.3 Å². The summed E-state index contributed by atoms with van der Waals surface area (Å²) >= 11 is 0. The predicted octanol–water partition coefficient (Wildman–Crippen LogP) is 3.11. The molecule has 0 atom stereocenters. The van der Waals surface area contributed by atoms with Crippen LogP contribution in [0.2, 0.25) is 0 Å². The largest absolute Gasteiger partial charge is 0.465 e. The molecule has 2 aromatic rings. The van der Waals surface area contributed by atoms with E-state index >= 15 is 0 Å². The van der Waals surface area contributed by atoms with Crippen LogP contribution in [0.4, 0.5) is 0 Å². The summed E-state index contributed by atoms with van der Waals surface area (Å²) in [6.07, 6.45) is 0.425. The number of rotatable bonds is 9. The number of nitrogens with zero attached hydrogens (tertiary/aromatic N) is 2. The van der Waals surface area contributed by atoms with Gasteiger partial charge in [-0.05, 0) is 38.3 Å². The van der Waals surface area contributed by atoms with Crippen molar-refractivity contribution in [3.63, 3.8) is 0 Å². The van der Waals surface area contributed by atoms with E-state index in [4.69, 9.17) is 4.74 Å². The Kier molecular flexibility index (Phi) is 7.18. The topological polar surface area (TPSA) is 78.3 Å². The smallest absolute Gasteiger partial charge is 0.310 e. The lowest BCUT2D eigenvalue weighted by Gasteiger charge is -2.08. The van der Waals surface area contributed by atoms with Crippen LogP contribution in [0, 0.1) is 19.8 Å². The standard InChI is InChI=1S/C20H28N2O4S/c1-15(2)14-22-17(4)19(16(3)21-22)13-20(23)26-11-8-12-27(24,25)18-9-6-5-7-10-18/h5-7,9-10,15H,8,11-14H2,1-4H3. The van der Waals surface area contributed by atoms with Crippen molar-refractivity contribution in [3.8, 4) is 0 Å². The Morgan fingerprint density at radius 2 is 1.85 bits per heavy atom. The van der Waals surface area contributed by atoms with E-state index in [1.165, 1.54) is 0 Å². The number of aryl methyl sites for hydroxylation is 1. The molecule has 0 bridgehead atoms. The van der Waals surface area contributed by atoms with Crippen LogP contribution < -0.4 is 0 Å². The Hall–Kier alpha value is -2.15. The zero-order chi connectivity index (χ0) is 20.0. The molecular formula is C20H28N2O4S. The molecule has 0 radical (unpaired) electrons. The van der Waals surface area contributed by atoms with Crippen LogP contribution in [0.1, 0.15) is 37.2 Å². The summed E-state index contributed by atoms with van der Waals surface area (Å²) in [5.41, 5.74) is 2.69. The minimum atomic E-state index is -3.34. The number of hydrogen-bond donors (Lipinski definition) is 0. The third kappa shape index (κ3) is 5.92. The van der Waals surface area contributed by atoms with Crippen molar-refractivity contribution in [1.82, 2.24) is 9.78 Å². The summed E-state index contributed by atoms with van der Waals surface area (Å²) in [7, 11) is -3.34. The van der Waals surface area contributed by atoms with Crippen molar-refractivity contribution in [3.05, 3.63) is 47.3 Å². The van der Waals surface area contributed by atoms with Crippen LogP contribution in [0.3, 0.4) is 0 Å². The van der Waals surface area contributed by atoms with Gasteiger partial charge in [0.25, 0.3) is 0 Å². The number of esters is 1. The highest BCUT2D eigenvalue weighted by molar-refractivity contribution is 7.91. The maximum atomic E-state index is 12.2. The summed E-state index contributed by atoms with van der Waals surface area (Å²) < 4.78 is 31.6. The number of aromatic nitrogens is 2. The van der Waals surface area contributed by atoms with Crippen molar-refractivity contribution < 1.29 is 17.9 Å². The molecule has 0 saturated heterocycles. The maximum Gasteiger partial charge on any atom is 0.310 e. The summed E-state index contributed by atoms with van der Waals surface area (Å²) in [6.45, 7) is 8.97. The fraction of sp³-hybridized carbons (Fsp3) is 0.500. The monoisotopic (exact) mass is 392 g/mol. The second-order valence-electron chi connectivity index (χ2n) is 7.11. The van der Waals surface area contributed by atoms with Crippen molar-refractivity contribution >= 4 is 15.8 Å². The Morgan fingerprint density at radius 3 is 2.48 bits per heavy atom. The van der Waals surface area contributed by atoms with E-state index in [9.17, 15) is 13.2 Å². The SMILES string of the molecule is Cc1nn(CC(C)C)c(C)c1CC(=O)OCCCS(=O)(=O)c1ccccc1. The highest BCUT2D eigenvalue weighted by Gasteiger charge is 2.17. The quantitative estimate of drug-likeness (QED) is 0.484. The fourth-order valence-corrected chi connectivity index (χ4v) is 4.19. The summed E-state index contributed by atoms with van der Waals surface area (Å²) in [6, 6.07) is 8.30. The summed E-state index contributed by atoms with van der Waals surface area (Å²) in [5.74, 6) is 0.0612. The molecule has 0 amide bonds. The molecule has 0 aliphatic heterocycles. The Labute approximate surface area is 161 Å². The summed E-state index contributed by atoms with van der Waals surface area (Å²) in [5, 5.41) is 4.50. The van der Waals surface area contributed by atoms with Gasteiger partial charge in [0.1, 0.15) is 0 Å². The minimum absolute atomic E-state index is 0.0470. The van der Waals surface area contributed by atoms with E-state index in [0.29, 0.717) is 10.8 Å². The number of benzene rings is 1. The summed E-state index contributed by atoms with van der Waals surface area (Å²) in [4.78, 5) is 12.4. The van der Waals surface area contributed by atoms with Gasteiger partial charge in [0.15, 0.2) is 9.84 Å². The average Bonchev–Trinajstić information content (AvgIpc) is 2.86. The molecule has 0 unspecified atom stereocenters. The molecule has 1 heterocycles. The Morgan fingerprint density at radius 1 is 1.19 bits per heavy atom. The average molecular weight is 393 g/mol. The lowest BCUT2D eigenvalue weighted by atomic mass is 10.1. The van der Waals surface area contributed by atoms with Gasteiger partial charge in [0.05, 0.1) is 29.4 Å². The molecule has 1 aromatic heterocycles. The number of sulfone groups is 1. The van der Waals surface area contributed by atoms with E-state index < -0.39 is 9.84 Å². The molecule has 6 nitrogen and oxygen atoms in total. The van der Waals surface area contributed by atoms with Gasteiger partial charge in [-0.25, -0.2) is 8.42 Å². The molecule has 0 saturated carbocycles. The van der Waals surface area contributed by atoms with Gasteiger partial charge >= 0.3 is 5.97 Å². The molecule has 0 N–H and O–H groups in total. The van der Waals surface area contributed by atoms with Crippen LogP contribution in [-0.4, -0.2) is 36.5 Å². The number of carbonyl (C=O) groups excluding carboxylic acids is 1. The molecule has 2 rings (SSSR count). The molecule has 7 heteroatoms. The lowest BCUT2D eigenvalue weighted by molar-refractivity contribution is -0.142. The van der Waals surface area contributed by atoms with Crippen LogP contribution in [0.15, 0.2) is 35.2 Å². The number of hydrogen-bond acceptors (Lipinski definition) is 5. The van der Waals surface area contributed by atoms with Crippen LogP contribution in [0.25, 0.3) is 0 Å². The number of carbonyl (C=O) groups is 1. The molecule has 0 spiro atoms. The van der Waals surface area contributed by atoms with Crippen LogP contribution >= 0.6 is 0 Å². The Bertz CT molecular complexity index is 871. The third-order valence-electron chi connectivity index (χ3n) is 4.31. The van der Waals surface area contributed by atoms with Crippen LogP contribution in [0.5, 0.6) is 0 Å². The molecule has 1 aromatic carbocycles. The molecular weight excluding hydrogens is 364 g/mol. The zero-order valence-corrected chi connectivity index (χ0v) is 17.3. The predicted molar refractivity (Wildman–Crippen MR) is 104 cm³/mol. The highest BCUT2D eigenvalue weighted by Crippen LogP contribution is 2.16. The first-order valence-electron chi connectivity index (χ1n) is 9.17.